The van der Waals surface area contributed by atoms with Gasteiger partial charge in [0.2, 0.25) is 0 Å². The summed E-state index contributed by atoms with van der Waals surface area (Å²) >= 11 is 6.90. The van der Waals surface area contributed by atoms with Gasteiger partial charge in [0, 0.05) is 21.7 Å². The molecule has 1 aromatic heterocycles. The van der Waals surface area contributed by atoms with Crippen LogP contribution in [0, 0.1) is 5.82 Å². The maximum Gasteiger partial charge on any atom is 0.262 e. The fourth-order valence-electron chi connectivity index (χ4n) is 2.15. The minimum absolute atomic E-state index is 0.191. The number of benzene rings is 2. The van der Waals surface area contributed by atoms with Crippen molar-refractivity contribution >= 4 is 54.4 Å². The molecule has 0 aliphatic carbocycles. The molecule has 0 aliphatic heterocycles. The molecule has 0 aliphatic rings. The average Bonchev–Trinajstić information content (AvgIpc) is 2.57. The maximum absolute atomic E-state index is 12.9. The summed E-state index contributed by atoms with van der Waals surface area (Å²) < 4.78 is 20.1. The summed E-state index contributed by atoms with van der Waals surface area (Å²) in [5.74, 6) is -0.218. The molecule has 7 heteroatoms. The SMILES string of the molecule is O=C(COc1c(Br)cc(Br)c2cccnc12)Nc1ccc(F)cc1. The van der Waals surface area contributed by atoms with Crippen molar-refractivity contribution in [2.75, 3.05) is 11.9 Å². The number of fused-ring (bicyclic) bond motifs is 1. The average molecular weight is 454 g/mol. The fourth-order valence-corrected chi connectivity index (χ4v) is 3.54. The number of amides is 1. The van der Waals surface area contributed by atoms with Gasteiger partial charge in [0.15, 0.2) is 12.4 Å². The Kier molecular flexibility index (Phi) is 5.11. The van der Waals surface area contributed by atoms with E-state index in [9.17, 15) is 9.18 Å². The highest BCUT2D eigenvalue weighted by atomic mass is 79.9. The van der Waals surface area contributed by atoms with Crippen LogP contribution in [-0.2, 0) is 4.79 Å². The molecule has 4 nitrogen and oxygen atoms in total. The largest absolute Gasteiger partial charge is 0.480 e. The third-order valence-electron chi connectivity index (χ3n) is 3.23. The van der Waals surface area contributed by atoms with E-state index < -0.39 is 0 Å². The lowest BCUT2D eigenvalue weighted by molar-refractivity contribution is -0.118. The van der Waals surface area contributed by atoms with Crippen molar-refractivity contribution in [3.05, 3.63) is 63.4 Å². The van der Waals surface area contributed by atoms with Crippen molar-refractivity contribution in [1.82, 2.24) is 4.98 Å². The van der Waals surface area contributed by atoms with E-state index >= 15 is 0 Å². The number of carbonyl (C=O) groups is 1. The summed E-state index contributed by atoms with van der Waals surface area (Å²) in [5.41, 5.74) is 1.15. The van der Waals surface area contributed by atoms with E-state index in [0.717, 1.165) is 9.86 Å². The predicted octanol–water partition coefficient (Wildman–Crippen LogP) is 4.92. The Bertz CT molecular complexity index is 901. The van der Waals surface area contributed by atoms with E-state index in [4.69, 9.17) is 4.74 Å². The Hall–Kier alpha value is -1.99. The second-order valence-corrected chi connectivity index (χ2v) is 6.62. The summed E-state index contributed by atoms with van der Waals surface area (Å²) in [4.78, 5) is 16.3. The van der Waals surface area contributed by atoms with Gasteiger partial charge in [-0.25, -0.2) is 4.39 Å². The summed E-state index contributed by atoms with van der Waals surface area (Å²) in [5, 5.41) is 3.53. The molecule has 0 fully saturated rings. The van der Waals surface area contributed by atoms with E-state index in [0.29, 0.717) is 21.4 Å². The number of hydrogen-bond donors (Lipinski definition) is 1. The van der Waals surface area contributed by atoms with Crippen LogP contribution >= 0.6 is 31.9 Å². The Morgan fingerprint density at radius 2 is 1.92 bits per heavy atom. The minimum Gasteiger partial charge on any atom is -0.480 e. The smallest absolute Gasteiger partial charge is 0.262 e. The zero-order valence-corrected chi connectivity index (χ0v) is 15.4. The molecule has 0 unspecified atom stereocenters. The number of ether oxygens (including phenoxy) is 1. The van der Waals surface area contributed by atoms with E-state index in [-0.39, 0.29) is 18.3 Å². The molecular weight excluding hydrogens is 443 g/mol. The van der Waals surface area contributed by atoms with Crippen molar-refractivity contribution in [1.29, 1.82) is 0 Å². The van der Waals surface area contributed by atoms with Gasteiger partial charge < -0.3 is 10.1 Å². The Balaban J connectivity index is 1.76. The molecule has 1 heterocycles. The van der Waals surface area contributed by atoms with Crippen molar-refractivity contribution < 1.29 is 13.9 Å². The molecule has 1 N–H and O–H groups in total. The van der Waals surface area contributed by atoms with Crippen LogP contribution in [0.4, 0.5) is 10.1 Å². The molecule has 1 amide bonds. The number of rotatable bonds is 4. The third kappa shape index (κ3) is 3.73. The number of nitrogens with one attached hydrogen (secondary N) is 1. The van der Waals surface area contributed by atoms with Gasteiger partial charge in [0.1, 0.15) is 11.3 Å². The van der Waals surface area contributed by atoms with Gasteiger partial charge in [-0.3, -0.25) is 9.78 Å². The van der Waals surface area contributed by atoms with Crippen LogP contribution in [0.15, 0.2) is 57.6 Å². The summed E-state index contributed by atoms with van der Waals surface area (Å²) in [6.07, 6.45) is 1.66. The first-order valence-electron chi connectivity index (χ1n) is 6.95. The fraction of sp³-hybridized carbons (Fsp3) is 0.0588. The van der Waals surface area contributed by atoms with E-state index in [2.05, 4.69) is 42.2 Å². The molecule has 0 saturated heterocycles. The zero-order chi connectivity index (χ0) is 17.1. The molecule has 0 spiro atoms. The first-order valence-corrected chi connectivity index (χ1v) is 8.54. The molecule has 3 rings (SSSR count). The van der Waals surface area contributed by atoms with Crippen LogP contribution in [0.1, 0.15) is 0 Å². The maximum atomic E-state index is 12.9. The highest BCUT2D eigenvalue weighted by molar-refractivity contribution is 9.11. The number of pyridine rings is 1. The normalized spacial score (nSPS) is 10.6. The van der Waals surface area contributed by atoms with Crippen molar-refractivity contribution in [3.63, 3.8) is 0 Å². The molecule has 0 saturated carbocycles. The van der Waals surface area contributed by atoms with Crippen LogP contribution in [0.3, 0.4) is 0 Å². The highest BCUT2D eigenvalue weighted by Crippen LogP contribution is 2.37. The van der Waals surface area contributed by atoms with Gasteiger partial charge in [-0.05, 0) is 52.3 Å². The topological polar surface area (TPSA) is 51.2 Å². The molecule has 0 radical (unpaired) electrons. The second-order valence-electron chi connectivity index (χ2n) is 4.91. The Morgan fingerprint density at radius 3 is 2.67 bits per heavy atom. The lowest BCUT2D eigenvalue weighted by Gasteiger charge is -2.12. The highest BCUT2D eigenvalue weighted by Gasteiger charge is 2.13. The molecule has 2 aromatic carbocycles. The van der Waals surface area contributed by atoms with Gasteiger partial charge >= 0.3 is 0 Å². The van der Waals surface area contributed by atoms with Crippen LogP contribution in [0.2, 0.25) is 0 Å². The van der Waals surface area contributed by atoms with E-state index in [1.165, 1.54) is 24.3 Å². The number of hydrogen-bond acceptors (Lipinski definition) is 3. The molecule has 0 atom stereocenters. The number of nitrogens with zero attached hydrogens (tertiary/aromatic N) is 1. The van der Waals surface area contributed by atoms with E-state index in [1.54, 1.807) is 6.20 Å². The number of halogens is 3. The van der Waals surface area contributed by atoms with Gasteiger partial charge in [0.25, 0.3) is 5.91 Å². The quantitative estimate of drug-likeness (QED) is 0.610. The number of anilines is 1. The van der Waals surface area contributed by atoms with E-state index in [1.807, 2.05) is 18.2 Å². The first-order chi connectivity index (χ1) is 11.5. The van der Waals surface area contributed by atoms with Crippen molar-refractivity contribution in [3.8, 4) is 5.75 Å². The predicted molar refractivity (Wildman–Crippen MR) is 97.7 cm³/mol. The van der Waals surface area contributed by atoms with Crippen molar-refractivity contribution in [2.24, 2.45) is 0 Å². The summed E-state index contributed by atoms with van der Waals surface area (Å²) in [6, 6.07) is 11.1. The lowest BCUT2D eigenvalue weighted by Crippen LogP contribution is -2.20. The zero-order valence-electron chi connectivity index (χ0n) is 12.2. The van der Waals surface area contributed by atoms with Gasteiger partial charge in [-0.1, -0.05) is 22.0 Å². The number of carbonyl (C=O) groups excluding carboxylic acids is 1. The molecular formula is C17H11Br2FN2O2. The summed E-state index contributed by atoms with van der Waals surface area (Å²) in [6.45, 7) is -0.191. The van der Waals surface area contributed by atoms with Crippen LogP contribution in [0.25, 0.3) is 10.9 Å². The van der Waals surface area contributed by atoms with Crippen LogP contribution in [0.5, 0.6) is 5.75 Å². The number of aromatic nitrogens is 1. The first kappa shape index (κ1) is 16.9. The third-order valence-corrected chi connectivity index (χ3v) is 4.47. The van der Waals surface area contributed by atoms with Crippen LogP contribution < -0.4 is 10.1 Å². The van der Waals surface area contributed by atoms with Crippen molar-refractivity contribution in [2.45, 2.75) is 0 Å². The summed E-state index contributed by atoms with van der Waals surface area (Å²) in [7, 11) is 0. The molecule has 24 heavy (non-hydrogen) atoms. The standard InChI is InChI=1S/C17H11Br2FN2O2/c18-13-8-14(19)17(16-12(13)2-1-7-21-16)24-9-15(23)22-11-5-3-10(20)4-6-11/h1-8H,9H2,(H,22,23). The molecule has 0 bridgehead atoms. The Morgan fingerprint density at radius 1 is 1.17 bits per heavy atom. The Labute approximate surface area is 154 Å². The van der Waals surface area contributed by atoms with Crippen LogP contribution in [-0.4, -0.2) is 17.5 Å². The van der Waals surface area contributed by atoms with Gasteiger partial charge in [-0.2, -0.15) is 0 Å². The second kappa shape index (κ2) is 7.27. The van der Waals surface area contributed by atoms with Gasteiger partial charge in [0.05, 0.1) is 4.47 Å². The lowest BCUT2D eigenvalue weighted by atomic mass is 10.2. The monoisotopic (exact) mass is 452 g/mol. The molecule has 122 valence electrons. The molecule has 3 aromatic rings. The minimum atomic E-state index is -0.361. The van der Waals surface area contributed by atoms with Gasteiger partial charge in [-0.15, -0.1) is 0 Å².